The van der Waals surface area contributed by atoms with E-state index in [9.17, 15) is 32.7 Å². The summed E-state index contributed by atoms with van der Waals surface area (Å²) >= 11 is 1.49. The third-order valence-electron chi connectivity index (χ3n) is 13.9. The number of halogens is 3. The quantitative estimate of drug-likeness (QED) is 0.145. The average Bonchev–Trinajstić information content (AvgIpc) is 3.78. The predicted octanol–water partition coefficient (Wildman–Crippen LogP) is 7.41. The van der Waals surface area contributed by atoms with Gasteiger partial charge in [0.2, 0.25) is 5.91 Å². The molecule has 0 radical (unpaired) electrons. The van der Waals surface area contributed by atoms with Gasteiger partial charge in [0.25, 0.3) is 5.91 Å². The molecule has 4 aliphatic rings. The van der Waals surface area contributed by atoms with Crippen LogP contribution >= 0.6 is 11.3 Å². The summed E-state index contributed by atoms with van der Waals surface area (Å²) in [4.78, 5) is 55.4. The molecule has 4 saturated heterocycles. The lowest BCUT2D eigenvalue weighted by atomic mass is 9.71. The second kappa shape index (κ2) is 16.4. The highest BCUT2D eigenvalue weighted by Gasteiger charge is 2.39. The first-order valence-corrected chi connectivity index (χ1v) is 22.7. The van der Waals surface area contributed by atoms with E-state index in [4.69, 9.17) is 4.98 Å². The second-order valence-corrected chi connectivity index (χ2v) is 19.5. The minimum atomic E-state index is -4.69. The molecule has 2 aromatic carbocycles. The van der Waals surface area contributed by atoms with Gasteiger partial charge in [-0.2, -0.15) is 13.2 Å². The van der Waals surface area contributed by atoms with E-state index < -0.39 is 29.4 Å². The SMILES string of the molecule is C=C1CCC(n2c(=O)n(C)c3c(N4CCC5(CCN(CC6CCN(c7nc8cc(C(C)(C)O)c(NC(=O)c9cccc(C(F)(F)F)n9)cc8s7)CC6)CC5)CC4)cccc32)C(=O)N1. The van der Waals surface area contributed by atoms with Crippen molar-refractivity contribution in [1.82, 2.24) is 29.3 Å². The molecule has 17 heteroatoms. The molecule has 0 saturated carbocycles. The summed E-state index contributed by atoms with van der Waals surface area (Å²) in [5, 5.41) is 17.4. The molecule has 0 bridgehead atoms. The Bertz CT molecular complexity index is 2640. The Balaban J connectivity index is 0.791. The van der Waals surface area contributed by atoms with Crippen LogP contribution < -0.4 is 26.1 Å². The predicted molar refractivity (Wildman–Crippen MR) is 239 cm³/mol. The number of alkyl halides is 3. The molecule has 1 atom stereocenters. The lowest BCUT2D eigenvalue weighted by Gasteiger charge is -2.48. The number of hydrogen-bond donors (Lipinski definition) is 3. The normalized spacial score (nSPS) is 20.5. The number of nitrogens with one attached hydrogen (secondary N) is 2. The number of aliphatic hydroxyl groups is 1. The largest absolute Gasteiger partial charge is 0.433 e. The van der Waals surface area contributed by atoms with E-state index in [1.807, 2.05) is 19.2 Å². The van der Waals surface area contributed by atoms with Crippen molar-refractivity contribution in [2.75, 3.05) is 60.9 Å². The third kappa shape index (κ3) is 8.46. The highest BCUT2D eigenvalue weighted by Crippen LogP contribution is 2.44. The van der Waals surface area contributed by atoms with Gasteiger partial charge in [-0.15, -0.1) is 0 Å². The van der Waals surface area contributed by atoms with Gasteiger partial charge in [0.05, 0.1) is 32.5 Å². The molecule has 4 aliphatic heterocycles. The molecular formula is C46H54F3N9O4S. The van der Waals surface area contributed by atoms with Crippen molar-refractivity contribution in [1.29, 1.82) is 0 Å². The lowest BCUT2D eigenvalue weighted by Crippen LogP contribution is -2.48. The summed E-state index contributed by atoms with van der Waals surface area (Å²) in [6.07, 6.45) is 3.18. The fourth-order valence-electron chi connectivity index (χ4n) is 10.2. The third-order valence-corrected chi connectivity index (χ3v) is 15.0. The van der Waals surface area contributed by atoms with Crippen molar-refractivity contribution in [3.8, 4) is 0 Å². The van der Waals surface area contributed by atoms with Crippen molar-refractivity contribution in [3.63, 3.8) is 0 Å². The van der Waals surface area contributed by atoms with Gasteiger partial charge in [0.15, 0.2) is 5.13 Å². The Morgan fingerprint density at radius 3 is 2.33 bits per heavy atom. The number of pyridine rings is 1. The summed E-state index contributed by atoms with van der Waals surface area (Å²) in [5.74, 6) is -0.406. The summed E-state index contributed by atoms with van der Waals surface area (Å²) in [6, 6.07) is 12.2. The van der Waals surface area contributed by atoms with Crippen LogP contribution in [-0.4, -0.2) is 86.7 Å². The Morgan fingerprint density at radius 2 is 1.65 bits per heavy atom. The maximum absolute atomic E-state index is 13.6. The maximum atomic E-state index is 13.6. The van der Waals surface area contributed by atoms with Crippen LogP contribution in [0.15, 0.2) is 65.6 Å². The maximum Gasteiger partial charge on any atom is 0.433 e. The average molecular weight is 886 g/mol. The number of aromatic nitrogens is 4. The number of anilines is 3. The Hall–Kier alpha value is -5.26. The molecule has 63 heavy (non-hydrogen) atoms. The number of para-hydroxylation sites is 1. The van der Waals surface area contributed by atoms with Crippen LogP contribution in [0.25, 0.3) is 21.3 Å². The first-order valence-electron chi connectivity index (χ1n) is 21.9. The Labute approximate surface area is 367 Å². The molecule has 5 aromatic rings. The van der Waals surface area contributed by atoms with Gasteiger partial charge in [-0.05, 0) is 126 Å². The second-order valence-electron chi connectivity index (χ2n) is 18.5. The van der Waals surface area contributed by atoms with E-state index in [0.29, 0.717) is 46.6 Å². The number of benzene rings is 2. The number of hydrogen-bond acceptors (Lipinski definition) is 10. The highest BCUT2D eigenvalue weighted by molar-refractivity contribution is 7.22. The number of nitrogens with zero attached hydrogens (tertiary/aromatic N) is 7. The van der Waals surface area contributed by atoms with E-state index in [1.165, 1.54) is 30.2 Å². The zero-order chi connectivity index (χ0) is 44.4. The Kier molecular flexibility index (Phi) is 11.2. The van der Waals surface area contributed by atoms with Gasteiger partial charge in [-0.3, -0.25) is 18.7 Å². The van der Waals surface area contributed by atoms with Gasteiger partial charge < -0.3 is 30.4 Å². The molecule has 13 nitrogen and oxygen atoms in total. The summed E-state index contributed by atoms with van der Waals surface area (Å²) in [7, 11) is 1.81. The monoisotopic (exact) mass is 885 g/mol. The summed E-state index contributed by atoms with van der Waals surface area (Å²) in [5.41, 5.74) is 2.04. The van der Waals surface area contributed by atoms with Crippen molar-refractivity contribution in [3.05, 3.63) is 88.2 Å². The number of allylic oxidation sites excluding steroid dienone is 1. The van der Waals surface area contributed by atoms with Gasteiger partial charge >= 0.3 is 11.9 Å². The molecule has 2 amide bonds. The molecule has 9 rings (SSSR count). The zero-order valence-corrected chi connectivity index (χ0v) is 36.7. The van der Waals surface area contributed by atoms with Crippen LogP contribution in [0.5, 0.6) is 0 Å². The standard InChI is InChI=1S/C46H54F3N9O4S/c1-28-11-12-36(41(60)50-28)58-35-9-6-8-34(39(35)54(4)43(58)61)56-23-17-45(18-24-56)15-21-55(22-16-45)27-29-13-19-57(20-14-29)42-53-33-25-30(44(2,3)62)32(26-37(33)63-42)52-40(59)31-7-5-10-38(51-31)46(47,48)49/h5-10,25-26,29,36,62H,1,11-24,27H2,2-4H3,(H,50,60)(H,52,59). The zero-order valence-electron chi connectivity index (χ0n) is 35.9. The number of carbonyl (C=O) groups is 2. The molecule has 1 spiro atoms. The lowest BCUT2D eigenvalue weighted by molar-refractivity contribution is -0.141. The first-order chi connectivity index (χ1) is 30.0. The van der Waals surface area contributed by atoms with E-state index in [0.717, 1.165) is 110 Å². The molecule has 334 valence electrons. The number of rotatable bonds is 8. The van der Waals surface area contributed by atoms with E-state index >= 15 is 0 Å². The van der Waals surface area contributed by atoms with Gasteiger partial charge in [0.1, 0.15) is 17.4 Å². The van der Waals surface area contributed by atoms with E-state index in [2.05, 4.69) is 43.0 Å². The molecule has 0 aliphatic carbocycles. The number of carbonyl (C=O) groups excluding carboxylic acids is 2. The van der Waals surface area contributed by atoms with Crippen molar-refractivity contribution >= 4 is 60.9 Å². The van der Waals surface area contributed by atoms with Crippen molar-refractivity contribution in [2.45, 2.75) is 83.0 Å². The van der Waals surface area contributed by atoms with Gasteiger partial charge in [-0.25, -0.2) is 14.8 Å². The fraction of sp³-hybridized carbons (Fsp3) is 0.500. The van der Waals surface area contributed by atoms with Crippen LogP contribution in [0, 0.1) is 11.3 Å². The molecular weight excluding hydrogens is 832 g/mol. The highest BCUT2D eigenvalue weighted by atomic mass is 32.1. The minimum absolute atomic E-state index is 0.172. The molecule has 7 heterocycles. The Morgan fingerprint density at radius 1 is 0.952 bits per heavy atom. The molecule has 1 unspecified atom stereocenters. The molecule has 4 fully saturated rings. The number of likely N-dealkylation sites (tertiary alicyclic amines) is 1. The van der Waals surface area contributed by atoms with Crippen LogP contribution in [0.4, 0.5) is 29.7 Å². The molecule has 3 aromatic heterocycles. The number of amides is 2. The molecule has 3 N–H and O–H groups in total. The van der Waals surface area contributed by atoms with Crippen LogP contribution in [0.3, 0.4) is 0 Å². The first kappa shape index (κ1) is 43.0. The number of aryl methyl sites for hydroxylation is 1. The van der Waals surface area contributed by atoms with E-state index in [1.54, 1.807) is 35.1 Å². The number of fused-ring (bicyclic) bond motifs is 2. The smallest absolute Gasteiger partial charge is 0.386 e. The van der Waals surface area contributed by atoms with Gasteiger partial charge in [-0.1, -0.05) is 30.0 Å². The van der Waals surface area contributed by atoms with Gasteiger partial charge in [0, 0.05) is 56.7 Å². The van der Waals surface area contributed by atoms with Crippen LogP contribution in [-0.2, 0) is 23.6 Å². The van der Waals surface area contributed by atoms with Crippen molar-refractivity contribution in [2.24, 2.45) is 18.4 Å². The van der Waals surface area contributed by atoms with Crippen LogP contribution in [0.2, 0.25) is 0 Å². The fourth-order valence-corrected chi connectivity index (χ4v) is 11.2. The van der Waals surface area contributed by atoms with Crippen molar-refractivity contribution < 1.29 is 27.9 Å². The minimum Gasteiger partial charge on any atom is -0.386 e. The number of imidazole rings is 1. The summed E-state index contributed by atoms with van der Waals surface area (Å²) < 4.78 is 44.0. The number of piperidine rings is 4. The topological polar surface area (TPSA) is 141 Å². The summed E-state index contributed by atoms with van der Waals surface area (Å²) in [6.45, 7) is 13.9. The van der Waals surface area contributed by atoms with Crippen LogP contribution in [0.1, 0.15) is 93.0 Å². The van der Waals surface area contributed by atoms with E-state index in [-0.39, 0.29) is 17.3 Å². The number of thiazole rings is 1.